The number of fused-ring (bicyclic) bond motifs is 1. The highest BCUT2D eigenvalue weighted by atomic mass is 16.5. The summed E-state index contributed by atoms with van der Waals surface area (Å²) in [6, 6.07) is 16.5. The number of nitrogens with one attached hydrogen (secondary N) is 1. The summed E-state index contributed by atoms with van der Waals surface area (Å²) in [5, 5.41) is 13.8. The molecule has 1 aliphatic heterocycles. The van der Waals surface area contributed by atoms with Gasteiger partial charge in [-0.2, -0.15) is 5.06 Å². The Morgan fingerprint density at radius 1 is 1.00 bits per heavy atom. The van der Waals surface area contributed by atoms with Crippen LogP contribution in [0.25, 0.3) is 0 Å². The summed E-state index contributed by atoms with van der Waals surface area (Å²) in [5.74, 6) is -0.391. The molecule has 0 saturated heterocycles. The van der Waals surface area contributed by atoms with Gasteiger partial charge in [-0.25, -0.2) is 0 Å². The van der Waals surface area contributed by atoms with E-state index in [1.807, 2.05) is 42.5 Å². The van der Waals surface area contributed by atoms with Crippen molar-refractivity contribution in [1.29, 1.82) is 0 Å². The van der Waals surface area contributed by atoms with E-state index in [-0.39, 0.29) is 0 Å². The second-order valence-electron chi connectivity index (χ2n) is 4.15. The molecule has 4 heteroatoms. The van der Waals surface area contributed by atoms with E-state index in [0.717, 1.165) is 16.3 Å². The van der Waals surface area contributed by atoms with Crippen LogP contribution in [0.1, 0.15) is 22.1 Å². The summed E-state index contributed by atoms with van der Waals surface area (Å²) < 4.78 is 0. The Hall–Kier alpha value is -2.33. The second-order valence-corrected chi connectivity index (χ2v) is 4.15. The number of carbonyl (C=O) groups is 1. The molecule has 18 heavy (non-hydrogen) atoms. The van der Waals surface area contributed by atoms with Gasteiger partial charge in [0.25, 0.3) is 5.91 Å². The van der Waals surface area contributed by atoms with Gasteiger partial charge in [-0.15, -0.1) is 0 Å². The van der Waals surface area contributed by atoms with E-state index in [0.29, 0.717) is 5.56 Å². The maximum Gasteiger partial charge on any atom is 0.281 e. The lowest BCUT2D eigenvalue weighted by molar-refractivity contribution is -0.0851. The molecule has 3 rings (SSSR count). The average Bonchev–Trinajstić information content (AvgIpc) is 2.44. The normalized spacial score (nSPS) is 18.2. The Labute approximate surface area is 104 Å². The fourth-order valence-corrected chi connectivity index (χ4v) is 2.10. The molecule has 0 unspecified atom stereocenters. The van der Waals surface area contributed by atoms with Gasteiger partial charge in [-0.05, 0) is 17.7 Å². The number of nitrogens with zero attached hydrogens (tertiary/aromatic N) is 1. The molecule has 0 aliphatic carbocycles. The molecule has 1 aliphatic rings. The van der Waals surface area contributed by atoms with Crippen LogP contribution in [0.4, 0.5) is 5.69 Å². The van der Waals surface area contributed by atoms with Gasteiger partial charge in [0.1, 0.15) is 0 Å². The summed E-state index contributed by atoms with van der Waals surface area (Å²) >= 11 is 0. The van der Waals surface area contributed by atoms with Crippen LogP contribution in [-0.4, -0.2) is 16.2 Å². The summed E-state index contributed by atoms with van der Waals surface area (Å²) in [5.41, 5.74) is 2.05. The van der Waals surface area contributed by atoms with E-state index in [9.17, 15) is 10.0 Å². The van der Waals surface area contributed by atoms with E-state index >= 15 is 0 Å². The standard InChI is InChI=1S/C14H12N2O2/c17-14-11-8-4-5-9-12(11)15-13(16(14)18)10-6-2-1-3-7-10/h1-9,13,15,18H/t13-/m1/s1. The third-order valence-electron chi connectivity index (χ3n) is 3.02. The van der Waals surface area contributed by atoms with E-state index in [1.54, 1.807) is 12.1 Å². The summed E-state index contributed by atoms with van der Waals surface area (Å²) in [7, 11) is 0. The smallest absolute Gasteiger partial charge is 0.281 e. The molecular weight excluding hydrogens is 228 g/mol. The average molecular weight is 240 g/mol. The quantitative estimate of drug-likeness (QED) is 0.753. The van der Waals surface area contributed by atoms with Crippen molar-refractivity contribution >= 4 is 11.6 Å². The van der Waals surface area contributed by atoms with E-state index in [1.165, 1.54) is 0 Å². The molecule has 1 atom stereocenters. The van der Waals surface area contributed by atoms with Gasteiger partial charge in [0, 0.05) is 5.69 Å². The van der Waals surface area contributed by atoms with Gasteiger partial charge in [0.15, 0.2) is 6.17 Å². The minimum Gasteiger partial charge on any atom is -0.359 e. The molecule has 1 amide bonds. The van der Waals surface area contributed by atoms with Crippen LogP contribution in [0.15, 0.2) is 54.6 Å². The van der Waals surface area contributed by atoms with Crippen molar-refractivity contribution < 1.29 is 10.0 Å². The fraction of sp³-hybridized carbons (Fsp3) is 0.0714. The summed E-state index contributed by atoms with van der Waals surface area (Å²) in [6.45, 7) is 0. The predicted molar refractivity (Wildman–Crippen MR) is 67.2 cm³/mol. The molecule has 0 saturated carbocycles. The van der Waals surface area contributed by atoms with Crippen LogP contribution in [0, 0.1) is 0 Å². The summed E-state index contributed by atoms with van der Waals surface area (Å²) in [6.07, 6.45) is -0.548. The summed E-state index contributed by atoms with van der Waals surface area (Å²) in [4.78, 5) is 12.0. The number of anilines is 1. The molecule has 2 aromatic rings. The van der Waals surface area contributed by atoms with Crippen molar-refractivity contribution in [2.24, 2.45) is 0 Å². The molecule has 0 radical (unpaired) electrons. The molecule has 0 fully saturated rings. The lowest BCUT2D eigenvalue weighted by Crippen LogP contribution is -2.40. The third-order valence-corrected chi connectivity index (χ3v) is 3.02. The van der Waals surface area contributed by atoms with Crippen LogP contribution < -0.4 is 5.32 Å². The number of benzene rings is 2. The molecule has 0 spiro atoms. The van der Waals surface area contributed by atoms with Gasteiger partial charge in [-0.3, -0.25) is 10.0 Å². The van der Waals surface area contributed by atoms with Gasteiger partial charge in [0.2, 0.25) is 0 Å². The lowest BCUT2D eigenvalue weighted by atomic mass is 10.1. The zero-order valence-corrected chi connectivity index (χ0v) is 9.58. The molecule has 2 N–H and O–H groups in total. The van der Waals surface area contributed by atoms with Crippen LogP contribution in [-0.2, 0) is 0 Å². The first-order chi connectivity index (χ1) is 8.77. The number of rotatable bonds is 1. The maximum absolute atomic E-state index is 12.0. The number of hydroxylamine groups is 2. The van der Waals surface area contributed by atoms with Gasteiger partial charge in [0.05, 0.1) is 5.56 Å². The molecule has 0 bridgehead atoms. The topological polar surface area (TPSA) is 52.6 Å². The monoisotopic (exact) mass is 240 g/mol. The van der Waals surface area contributed by atoms with Crippen LogP contribution in [0.3, 0.4) is 0 Å². The SMILES string of the molecule is O=C1c2ccccc2N[C@@H](c2ccccc2)N1O. The fourth-order valence-electron chi connectivity index (χ4n) is 2.10. The van der Waals surface area contributed by atoms with Crippen molar-refractivity contribution in [3.63, 3.8) is 0 Å². The minimum atomic E-state index is -0.548. The predicted octanol–water partition coefficient (Wildman–Crippen LogP) is 2.64. The van der Waals surface area contributed by atoms with Gasteiger partial charge < -0.3 is 5.32 Å². The number of para-hydroxylation sites is 1. The van der Waals surface area contributed by atoms with Crippen LogP contribution in [0.2, 0.25) is 0 Å². The van der Waals surface area contributed by atoms with E-state index in [2.05, 4.69) is 5.32 Å². The van der Waals surface area contributed by atoms with Gasteiger partial charge in [-0.1, -0.05) is 42.5 Å². The van der Waals surface area contributed by atoms with Crippen molar-refractivity contribution in [3.05, 3.63) is 65.7 Å². The zero-order chi connectivity index (χ0) is 12.5. The maximum atomic E-state index is 12.0. The highest BCUT2D eigenvalue weighted by Crippen LogP contribution is 2.31. The van der Waals surface area contributed by atoms with Crippen LogP contribution >= 0.6 is 0 Å². The molecular formula is C14H12N2O2. The first-order valence-corrected chi connectivity index (χ1v) is 5.70. The van der Waals surface area contributed by atoms with Crippen molar-refractivity contribution in [1.82, 2.24) is 5.06 Å². The molecule has 2 aromatic carbocycles. The van der Waals surface area contributed by atoms with Crippen LogP contribution in [0.5, 0.6) is 0 Å². The number of carbonyl (C=O) groups excluding carboxylic acids is 1. The third kappa shape index (κ3) is 1.63. The lowest BCUT2D eigenvalue weighted by Gasteiger charge is -2.33. The van der Waals surface area contributed by atoms with Crippen molar-refractivity contribution in [3.8, 4) is 0 Å². The first kappa shape index (κ1) is 10.8. The molecule has 0 aromatic heterocycles. The highest BCUT2D eigenvalue weighted by Gasteiger charge is 2.31. The molecule has 90 valence electrons. The number of amides is 1. The van der Waals surface area contributed by atoms with E-state index in [4.69, 9.17) is 0 Å². The Balaban J connectivity index is 2.04. The second kappa shape index (κ2) is 4.16. The largest absolute Gasteiger partial charge is 0.359 e. The number of hydrogen-bond acceptors (Lipinski definition) is 3. The molecule has 4 nitrogen and oxygen atoms in total. The van der Waals surface area contributed by atoms with Crippen molar-refractivity contribution in [2.75, 3.05) is 5.32 Å². The minimum absolute atomic E-state index is 0.391. The Bertz CT molecular complexity index is 583. The Morgan fingerprint density at radius 3 is 2.44 bits per heavy atom. The first-order valence-electron chi connectivity index (χ1n) is 5.70. The highest BCUT2D eigenvalue weighted by molar-refractivity contribution is 6.00. The van der Waals surface area contributed by atoms with E-state index < -0.39 is 12.1 Å². The molecule has 1 heterocycles. The Morgan fingerprint density at radius 2 is 1.67 bits per heavy atom. The Kier molecular flexibility index (Phi) is 2.50. The number of hydrogen-bond donors (Lipinski definition) is 2. The van der Waals surface area contributed by atoms with Crippen molar-refractivity contribution in [2.45, 2.75) is 6.17 Å². The zero-order valence-electron chi connectivity index (χ0n) is 9.58. The van der Waals surface area contributed by atoms with Gasteiger partial charge >= 0.3 is 0 Å².